The highest BCUT2D eigenvalue weighted by Crippen LogP contribution is 2.22. The molecular formula is C24H44O7. The summed E-state index contributed by atoms with van der Waals surface area (Å²) in [6.45, 7) is 12.5. The minimum atomic E-state index is -2.30. The molecule has 1 N–H and O–H groups in total. The summed E-state index contributed by atoms with van der Waals surface area (Å²) in [7, 11) is 0. The van der Waals surface area contributed by atoms with Gasteiger partial charge in [0.2, 0.25) is 0 Å². The Balaban J connectivity index is 5.18. The van der Waals surface area contributed by atoms with Crippen molar-refractivity contribution in [2.24, 2.45) is 17.8 Å². The van der Waals surface area contributed by atoms with Crippen molar-refractivity contribution in [1.29, 1.82) is 0 Å². The van der Waals surface area contributed by atoms with Crippen molar-refractivity contribution in [3.8, 4) is 0 Å². The molecule has 0 saturated heterocycles. The highest BCUT2D eigenvalue weighted by Gasteiger charge is 2.43. The van der Waals surface area contributed by atoms with Gasteiger partial charge in [-0.3, -0.25) is 9.59 Å². The number of carbonyl (C=O) groups is 3. The Morgan fingerprint density at radius 2 is 0.903 bits per heavy atom. The number of ether oxygens (including phenoxy) is 3. The monoisotopic (exact) mass is 444 g/mol. The second-order valence-corrected chi connectivity index (χ2v) is 8.40. The molecule has 0 atom stereocenters. The van der Waals surface area contributed by atoms with Crippen molar-refractivity contribution in [3.05, 3.63) is 0 Å². The van der Waals surface area contributed by atoms with Crippen LogP contribution in [-0.2, 0) is 28.6 Å². The van der Waals surface area contributed by atoms with Gasteiger partial charge in [0.15, 0.2) is 5.60 Å². The molecule has 0 aromatic rings. The third-order valence-electron chi connectivity index (χ3n) is 6.13. The lowest BCUT2D eigenvalue weighted by Crippen LogP contribution is -2.45. The molecule has 0 aromatic heterocycles. The van der Waals surface area contributed by atoms with E-state index < -0.39 is 36.4 Å². The van der Waals surface area contributed by atoms with Crippen LogP contribution in [0.3, 0.4) is 0 Å². The van der Waals surface area contributed by atoms with Crippen molar-refractivity contribution in [2.75, 3.05) is 19.8 Å². The van der Waals surface area contributed by atoms with Crippen molar-refractivity contribution in [2.45, 2.75) is 98.5 Å². The number of carbonyl (C=O) groups excluding carboxylic acids is 3. The first-order valence-corrected chi connectivity index (χ1v) is 11.9. The summed E-state index contributed by atoms with van der Waals surface area (Å²) in [6, 6.07) is 0. The van der Waals surface area contributed by atoms with Crippen molar-refractivity contribution in [3.63, 3.8) is 0 Å². The van der Waals surface area contributed by atoms with Gasteiger partial charge in [0, 0.05) is 0 Å². The Morgan fingerprint density at radius 1 is 0.613 bits per heavy atom. The summed E-state index contributed by atoms with van der Waals surface area (Å²) in [6.07, 6.45) is 3.77. The normalized spacial score (nSPS) is 11.8. The largest absolute Gasteiger partial charge is 0.465 e. The zero-order valence-corrected chi connectivity index (χ0v) is 20.4. The number of rotatable bonds is 17. The van der Waals surface area contributed by atoms with Gasteiger partial charge >= 0.3 is 17.9 Å². The van der Waals surface area contributed by atoms with Gasteiger partial charge in [-0.2, -0.15) is 0 Å². The summed E-state index contributed by atoms with van der Waals surface area (Å²) in [4.78, 5) is 37.4. The first-order chi connectivity index (χ1) is 14.7. The molecule has 182 valence electrons. The van der Waals surface area contributed by atoms with Gasteiger partial charge in [0.05, 0.1) is 32.7 Å². The molecule has 0 fully saturated rings. The highest BCUT2D eigenvalue weighted by atomic mass is 16.6. The summed E-state index contributed by atoms with van der Waals surface area (Å²) < 4.78 is 15.8. The van der Waals surface area contributed by atoms with Crippen LogP contribution in [0.15, 0.2) is 0 Å². The van der Waals surface area contributed by atoms with Crippen LogP contribution in [0.1, 0.15) is 92.9 Å². The van der Waals surface area contributed by atoms with Crippen LogP contribution in [-0.4, -0.2) is 48.4 Å². The minimum absolute atomic E-state index is 0.125. The fourth-order valence-electron chi connectivity index (χ4n) is 3.11. The molecule has 0 amide bonds. The van der Waals surface area contributed by atoms with Crippen LogP contribution >= 0.6 is 0 Å². The maximum Gasteiger partial charge on any atom is 0.339 e. The quantitative estimate of drug-likeness (QED) is 0.262. The molecule has 31 heavy (non-hydrogen) atoms. The molecular weight excluding hydrogens is 400 g/mol. The second kappa shape index (κ2) is 16.1. The molecule has 0 aromatic carbocycles. The van der Waals surface area contributed by atoms with Crippen LogP contribution < -0.4 is 0 Å². The topological polar surface area (TPSA) is 99.1 Å². The molecule has 0 aliphatic rings. The third kappa shape index (κ3) is 11.5. The van der Waals surface area contributed by atoms with Crippen molar-refractivity contribution < 1.29 is 33.7 Å². The fourth-order valence-corrected chi connectivity index (χ4v) is 3.11. The van der Waals surface area contributed by atoms with Gasteiger partial charge in [0.1, 0.15) is 0 Å². The minimum Gasteiger partial charge on any atom is -0.465 e. The van der Waals surface area contributed by atoms with Crippen molar-refractivity contribution >= 4 is 17.9 Å². The maximum atomic E-state index is 12.7. The van der Waals surface area contributed by atoms with E-state index in [1.807, 2.05) is 41.5 Å². The molecule has 0 heterocycles. The van der Waals surface area contributed by atoms with Crippen LogP contribution in [0.25, 0.3) is 0 Å². The smallest absolute Gasteiger partial charge is 0.339 e. The van der Waals surface area contributed by atoms with Crippen molar-refractivity contribution in [1.82, 2.24) is 0 Å². The molecule has 0 bridgehead atoms. The van der Waals surface area contributed by atoms with Gasteiger partial charge in [-0.15, -0.1) is 0 Å². The summed E-state index contributed by atoms with van der Waals surface area (Å²) in [5.41, 5.74) is -2.30. The Kier molecular flexibility index (Phi) is 15.2. The van der Waals surface area contributed by atoms with E-state index in [9.17, 15) is 19.5 Å². The average molecular weight is 445 g/mol. The molecule has 0 aliphatic heterocycles. The molecule has 0 radical (unpaired) electrons. The first-order valence-electron chi connectivity index (χ1n) is 11.9. The van der Waals surface area contributed by atoms with Gasteiger partial charge in [-0.1, -0.05) is 80.1 Å². The lowest BCUT2D eigenvalue weighted by atomic mass is 9.95. The van der Waals surface area contributed by atoms with Crippen LogP contribution in [0.2, 0.25) is 0 Å². The van der Waals surface area contributed by atoms with E-state index in [0.29, 0.717) is 0 Å². The Bertz CT molecular complexity index is 490. The van der Waals surface area contributed by atoms with E-state index >= 15 is 0 Å². The molecule has 0 aliphatic carbocycles. The average Bonchev–Trinajstić information content (AvgIpc) is 2.75. The predicted molar refractivity (Wildman–Crippen MR) is 119 cm³/mol. The molecule has 7 nitrogen and oxygen atoms in total. The van der Waals surface area contributed by atoms with E-state index in [-0.39, 0.29) is 37.6 Å². The van der Waals surface area contributed by atoms with E-state index in [2.05, 4.69) is 0 Å². The van der Waals surface area contributed by atoms with Crippen LogP contribution in [0, 0.1) is 17.8 Å². The fraction of sp³-hybridized carbons (Fsp3) is 0.875. The second-order valence-electron chi connectivity index (χ2n) is 8.40. The van der Waals surface area contributed by atoms with Gasteiger partial charge < -0.3 is 19.3 Å². The van der Waals surface area contributed by atoms with E-state index in [1.165, 1.54) is 0 Å². The van der Waals surface area contributed by atoms with E-state index in [4.69, 9.17) is 14.2 Å². The van der Waals surface area contributed by atoms with Gasteiger partial charge in [-0.25, -0.2) is 4.79 Å². The van der Waals surface area contributed by atoms with Gasteiger partial charge in [-0.05, 0) is 17.8 Å². The molecule has 0 saturated carbocycles. The summed E-state index contributed by atoms with van der Waals surface area (Å²) in [5, 5.41) is 11.0. The third-order valence-corrected chi connectivity index (χ3v) is 6.13. The molecule has 0 rings (SSSR count). The number of hydrogen-bond donors (Lipinski definition) is 1. The summed E-state index contributed by atoms with van der Waals surface area (Å²) >= 11 is 0. The van der Waals surface area contributed by atoms with Gasteiger partial charge in [0.25, 0.3) is 0 Å². The SMILES string of the molecule is CCC(CC)COC(=O)CC(O)(CC(=O)OCC(CC)CC)C(=O)OCC(CC)CC. The zero-order chi connectivity index (χ0) is 23.9. The number of aliphatic hydroxyl groups is 1. The first kappa shape index (κ1) is 29.4. The number of esters is 3. The Hall–Kier alpha value is -1.63. The Morgan fingerprint density at radius 3 is 1.19 bits per heavy atom. The predicted octanol–water partition coefficient (Wildman–Crippen LogP) is 4.44. The Labute approximate surface area is 188 Å². The summed E-state index contributed by atoms with van der Waals surface area (Å²) in [5.74, 6) is -1.88. The van der Waals surface area contributed by atoms with E-state index in [0.717, 1.165) is 38.5 Å². The molecule has 7 heteroatoms. The molecule has 0 unspecified atom stereocenters. The standard InChI is InChI=1S/C24H44O7/c1-7-18(8-2)15-29-21(25)13-24(28,23(27)31-17-20(11-5)12-6)14-22(26)30-16-19(9-3)10-4/h18-20,28H,7-17H2,1-6H3. The number of hydrogen-bond acceptors (Lipinski definition) is 7. The zero-order valence-electron chi connectivity index (χ0n) is 20.4. The van der Waals surface area contributed by atoms with E-state index in [1.54, 1.807) is 0 Å². The lowest BCUT2D eigenvalue weighted by Gasteiger charge is -2.26. The van der Waals surface area contributed by atoms with Crippen LogP contribution in [0.4, 0.5) is 0 Å². The maximum absolute atomic E-state index is 12.7. The highest BCUT2D eigenvalue weighted by molar-refractivity contribution is 5.90. The lowest BCUT2D eigenvalue weighted by molar-refractivity contribution is -0.179. The molecule has 0 spiro atoms. The van der Waals surface area contributed by atoms with Crippen LogP contribution in [0.5, 0.6) is 0 Å².